The van der Waals surface area contributed by atoms with Crippen molar-refractivity contribution in [3.05, 3.63) is 0 Å². The van der Waals surface area contributed by atoms with Gasteiger partial charge in [-0.2, -0.15) is 0 Å². The Morgan fingerprint density at radius 3 is 2.43 bits per heavy atom. The molecule has 2 heterocycles. The van der Waals surface area contributed by atoms with Crippen LogP contribution in [0.3, 0.4) is 0 Å². The Balaban J connectivity index is 1.69. The minimum absolute atomic E-state index is 0.488. The first kappa shape index (κ1) is 9.13. The molecule has 3 heteroatoms. The molecule has 1 saturated carbocycles. The van der Waals surface area contributed by atoms with Crippen molar-refractivity contribution in [3.63, 3.8) is 0 Å². The predicted molar refractivity (Wildman–Crippen MR) is 54.9 cm³/mol. The normalized spacial score (nSPS) is 45.6. The third kappa shape index (κ3) is 1.16. The van der Waals surface area contributed by atoms with Crippen LogP contribution in [0.2, 0.25) is 0 Å². The fraction of sp³-hybridized carbons (Fsp3) is 1.00. The molecule has 80 valence electrons. The number of fused-ring (bicyclic) bond motifs is 1. The molecule has 2 spiro atoms. The van der Waals surface area contributed by atoms with E-state index in [0.29, 0.717) is 11.6 Å². The largest absolute Gasteiger partial charge is 0.370 e. The summed E-state index contributed by atoms with van der Waals surface area (Å²) in [6, 6.07) is 0.488. The maximum Gasteiger partial charge on any atom is 0.149 e. The number of hydrogen-bond donors (Lipinski definition) is 1. The number of rotatable bonds is 0. The van der Waals surface area contributed by atoms with E-state index in [1.807, 2.05) is 0 Å². The van der Waals surface area contributed by atoms with Gasteiger partial charge in [-0.05, 0) is 12.8 Å². The number of morpholine rings is 1. The monoisotopic (exact) mass is 197 g/mol. The summed E-state index contributed by atoms with van der Waals surface area (Å²) >= 11 is 0. The van der Waals surface area contributed by atoms with Crippen LogP contribution < -0.4 is 5.73 Å². The molecule has 0 amide bonds. The zero-order valence-corrected chi connectivity index (χ0v) is 8.87. The highest BCUT2D eigenvalue weighted by Gasteiger charge is 2.69. The lowest BCUT2D eigenvalue weighted by atomic mass is 9.85. The van der Waals surface area contributed by atoms with Crippen molar-refractivity contribution in [1.82, 2.24) is 0 Å². The topological polar surface area (TPSA) is 35.2 Å². The van der Waals surface area contributed by atoms with Gasteiger partial charge < -0.3 is 15.0 Å². The van der Waals surface area contributed by atoms with Crippen molar-refractivity contribution in [2.24, 2.45) is 5.73 Å². The van der Waals surface area contributed by atoms with Gasteiger partial charge in [0.1, 0.15) is 25.2 Å². The number of nitrogens with zero attached hydrogens (tertiary/aromatic N) is 1. The molecule has 0 aromatic heterocycles. The Hall–Kier alpha value is -0.120. The molecule has 3 nitrogen and oxygen atoms in total. The minimum Gasteiger partial charge on any atom is -0.370 e. The fourth-order valence-electron chi connectivity index (χ4n) is 3.66. The van der Waals surface area contributed by atoms with E-state index in [4.69, 9.17) is 10.5 Å². The second-order valence-corrected chi connectivity index (χ2v) is 5.42. The molecule has 0 atom stereocenters. The lowest BCUT2D eigenvalue weighted by Crippen LogP contribution is -2.47. The molecule has 0 bridgehead atoms. The molecular formula is C11H21N2O+. The smallest absolute Gasteiger partial charge is 0.149 e. The van der Waals surface area contributed by atoms with Gasteiger partial charge in [0.2, 0.25) is 0 Å². The Morgan fingerprint density at radius 2 is 1.79 bits per heavy atom. The second-order valence-electron chi connectivity index (χ2n) is 5.42. The van der Waals surface area contributed by atoms with E-state index in [1.54, 1.807) is 0 Å². The fourth-order valence-corrected chi connectivity index (χ4v) is 3.66. The molecule has 14 heavy (non-hydrogen) atoms. The van der Waals surface area contributed by atoms with E-state index in [1.165, 1.54) is 49.8 Å². The molecule has 0 aromatic rings. The van der Waals surface area contributed by atoms with Crippen LogP contribution in [-0.4, -0.2) is 48.9 Å². The highest BCUT2D eigenvalue weighted by molar-refractivity contribution is 4.99. The minimum atomic E-state index is 0.488. The summed E-state index contributed by atoms with van der Waals surface area (Å²) in [4.78, 5) is 0. The van der Waals surface area contributed by atoms with Gasteiger partial charge in [-0.25, -0.2) is 0 Å². The summed E-state index contributed by atoms with van der Waals surface area (Å²) in [5.74, 6) is 0. The summed E-state index contributed by atoms with van der Waals surface area (Å²) in [6.45, 7) is 5.90. The van der Waals surface area contributed by atoms with Gasteiger partial charge in [-0.1, -0.05) is 0 Å². The number of ether oxygens (including phenoxy) is 1. The summed E-state index contributed by atoms with van der Waals surface area (Å²) in [6.07, 6.45) is 5.24. The van der Waals surface area contributed by atoms with Gasteiger partial charge in [-0.15, -0.1) is 0 Å². The summed E-state index contributed by atoms with van der Waals surface area (Å²) in [5.41, 5.74) is 6.62. The van der Waals surface area contributed by atoms with Crippen LogP contribution in [0.5, 0.6) is 0 Å². The maximum absolute atomic E-state index is 5.97. The van der Waals surface area contributed by atoms with E-state index in [2.05, 4.69) is 0 Å². The quantitative estimate of drug-likeness (QED) is 0.453. The average molecular weight is 197 g/mol. The van der Waals surface area contributed by atoms with Crippen molar-refractivity contribution in [3.8, 4) is 0 Å². The van der Waals surface area contributed by atoms with Crippen molar-refractivity contribution in [2.75, 3.05) is 32.8 Å². The average Bonchev–Trinajstić information content (AvgIpc) is 2.80. The lowest BCUT2D eigenvalue weighted by molar-refractivity contribution is -0.840. The zero-order chi connectivity index (χ0) is 9.65. The predicted octanol–water partition coefficient (Wildman–Crippen LogP) is 0.487. The third-order valence-electron chi connectivity index (χ3n) is 4.79. The van der Waals surface area contributed by atoms with Crippen molar-refractivity contribution < 1.29 is 9.22 Å². The second kappa shape index (κ2) is 2.94. The maximum atomic E-state index is 5.97. The van der Waals surface area contributed by atoms with E-state index in [-0.39, 0.29) is 0 Å². The van der Waals surface area contributed by atoms with Crippen molar-refractivity contribution in [1.29, 1.82) is 0 Å². The van der Waals surface area contributed by atoms with Crippen LogP contribution in [0, 0.1) is 0 Å². The van der Waals surface area contributed by atoms with Crippen LogP contribution in [0.25, 0.3) is 0 Å². The van der Waals surface area contributed by atoms with Gasteiger partial charge in [0.25, 0.3) is 0 Å². The van der Waals surface area contributed by atoms with Crippen molar-refractivity contribution in [2.45, 2.75) is 37.3 Å². The molecular weight excluding hydrogens is 176 g/mol. The number of quaternary nitrogens is 1. The Labute approximate surface area is 85.8 Å². The molecule has 2 aliphatic heterocycles. The van der Waals surface area contributed by atoms with Crippen LogP contribution in [0.15, 0.2) is 0 Å². The van der Waals surface area contributed by atoms with Crippen LogP contribution in [-0.2, 0) is 4.74 Å². The van der Waals surface area contributed by atoms with Crippen LogP contribution >= 0.6 is 0 Å². The summed E-state index contributed by atoms with van der Waals surface area (Å²) in [7, 11) is 0. The SMILES string of the molecule is NC1CCC2(CC1)C[N+]21CCOCC1. The molecule has 1 aliphatic carbocycles. The first-order valence-corrected chi connectivity index (χ1v) is 5.96. The molecule has 0 unspecified atom stereocenters. The van der Waals surface area contributed by atoms with Gasteiger partial charge in [0, 0.05) is 18.9 Å². The first-order chi connectivity index (χ1) is 6.77. The van der Waals surface area contributed by atoms with Crippen LogP contribution in [0.1, 0.15) is 25.7 Å². The Bertz CT molecular complexity index is 222. The van der Waals surface area contributed by atoms with Gasteiger partial charge in [0.15, 0.2) is 0 Å². The standard InChI is InChI=1S/C11H21N2O/c12-10-1-3-11(4-2-10)9-13(11)5-7-14-8-6-13/h10H,1-9,12H2/q+1. The molecule has 3 aliphatic rings. The molecule has 3 fully saturated rings. The molecule has 3 rings (SSSR count). The molecule has 2 N–H and O–H groups in total. The zero-order valence-electron chi connectivity index (χ0n) is 8.87. The van der Waals surface area contributed by atoms with E-state index >= 15 is 0 Å². The summed E-state index contributed by atoms with van der Waals surface area (Å²) in [5, 5.41) is 0. The summed E-state index contributed by atoms with van der Waals surface area (Å²) < 4.78 is 6.83. The van der Waals surface area contributed by atoms with Gasteiger partial charge in [-0.3, -0.25) is 0 Å². The van der Waals surface area contributed by atoms with E-state index in [0.717, 1.165) is 13.2 Å². The van der Waals surface area contributed by atoms with Crippen LogP contribution in [0.4, 0.5) is 0 Å². The van der Waals surface area contributed by atoms with E-state index in [9.17, 15) is 0 Å². The Morgan fingerprint density at radius 1 is 1.14 bits per heavy atom. The lowest BCUT2D eigenvalue weighted by Gasteiger charge is -2.33. The van der Waals surface area contributed by atoms with Gasteiger partial charge >= 0.3 is 0 Å². The molecule has 0 aromatic carbocycles. The Kier molecular flexibility index (Phi) is 1.92. The number of hydrogen-bond acceptors (Lipinski definition) is 2. The number of nitrogens with two attached hydrogens (primary N) is 1. The van der Waals surface area contributed by atoms with Crippen molar-refractivity contribution >= 4 is 0 Å². The first-order valence-electron chi connectivity index (χ1n) is 5.96. The highest BCUT2D eigenvalue weighted by atomic mass is 16.5. The molecule has 0 radical (unpaired) electrons. The highest BCUT2D eigenvalue weighted by Crippen LogP contribution is 2.52. The van der Waals surface area contributed by atoms with Gasteiger partial charge in [0.05, 0.1) is 13.2 Å². The van der Waals surface area contributed by atoms with E-state index < -0.39 is 0 Å². The third-order valence-corrected chi connectivity index (χ3v) is 4.79. The molecule has 2 saturated heterocycles.